The Labute approximate surface area is 195 Å². The van der Waals surface area contributed by atoms with E-state index in [2.05, 4.69) is 10.3 Å². The molecule has 0 saturated heterocycles. The first-order chi connectivity index (χ1) is 15.8. The zero-order valence-electron chi connectivity index (χ0n) is 19.0. The first-order valence-electron chi connectivity index (χ1n) is 11.1. The number of hydrogen-bond donors (Lipinski definition) is 2. The van der Waals surface area contributed by atoms with Gasteiger partial charge in [-0.2, -0.15) is 5.10 Å². The van der Waals surface area contributed by atoms with Gasteiger partial charge in [-0.1, -0.05) is 6.07 Å². The number of thiazole rings is 1. The molecule has 1 aromatic carbocycles. The van der Waals surface area contributed by atoms with Crippen molar-refractivity contribution in [1.82, 2.24) is 24.3 Å². The summed E-state index contributed by atoms with van der Waals surface area (Å²) in [5.74, 6) is 0.564. The Hall–Kier alpha value is -3.04. The van der Waals surface area contributed by atoms with Crippen molar-refractivity contribution >= 4 is 22.3 Å². The molecule has 0 fully saturated rings. The number of aromatic nitrogens is 5. The molecule has 0 amide bonds. The van der Waals surface area contributed by atoms with Crippen LogP contribution in [-0.4, -0.2) is 35.0 Å². The van der Waals surface area contributed by atoms with Crippen LogP contribution in [0.4, 0.5) is 15.3 Å². The number of rotatable bonds is 6. The van der Waals surface area contributed by atoms with E-state index in [1.165, 1.54) is 23.0 Å². The van der Waals surface area contributed by atoms with Crippen LogP contribution in [0.15, 0.2) is 36.1 Å². The molecular weight excluding hydrogens is 439 g/mol. The molecule has 0 unspecified atom stereocenters. The Kier molecular flexibility index (Phi) is 5.54. The van der Waals surface area contributed by atoms with Crippen LogP contribution in [0.5, 0.6) is 0 Å². The lowest BCUT2D eigenvalue weighted by Crippen LogP contribution is -2.27. The Morgan fingerprint density at radius 3 is 2.79 bits per heavy atom. The van der Waals surface area contributed by atoms with Crippen LogP contribution >= 0.6 is 11.3 Å². The van der Waals surface area contributed by atoms with Crippen LogP contribution < -0.4 is 5.32 Å². The fraction of sp³-hybridized carbons (Fsp3) is 0.375. The average Bonchev–Trinajstić information content (AvgIpc) is 3.47. The molecule has 0 aliphatic heterocycles. The maximum absolute atomic E-state index is 14.8. The third kappa shape index (κ3) is 4.56. The van der Waals surface area contributed by atoms with E-state index in [9.17, 15) is 9.50 Å². The molecule has 1 aliphatic carbocycles. The topological polar surface area (TPSA) is 80.8 Å². The monoisotopic (exact) mass is 466 g/mol. The highest BCUT2D eigenvalue weighted by Crippen LogP contribution is 2.34. The predicted molar refractivity (Wildman–Crippen MR) is 128 cm³/mol. The van der Waals surface area contributed by atoms with Crippen LogP contribution in [0, 0.1) is 12.7 Å². The molecule has 0 atom stereocenters. The van der Waals surface area contributed by atoms with E-state index in [1.54, 1.807) is 37.0 Å². The van der Waals surface area contributed by atoms with Crippen LogP contribution in [0.1, 0.15) is 43.6 Å². The lowest BCUT2D eigenvalue weighted by atomic mass is 9.97. The van der Waals surface area contributed by atoms with Gasteiger partial charge >= 0.3 is 0 Å². The normalized spacial score (nSPS) is 13.8. The number of aryl methyl sites for hydroxylation is 2. The second-order valence-electron chi connectivity index (χ2n) is 9.20. The maximum atomic E-state index is 14.8. The minimum Gasteiger partial charge on any atom is -0.389 e. The van der Waals surface area contributed by atoms with Crippen LogP contribution in [0.2, 0.25) is 0 Å². The quantitative estimate of drug-likeness (QED) is 0.416. The number of benzene rings is 1. The Balaban J connectivity index is 1.42. The zero-order valence-corrected chi connectivity index (χ0v) is 19.8. The SMILES string of the molecule is Cc1cn(-c2ccc(-c3csc(Nc4c5c(nn4CC(C)(C)O)CCCC5)n3)cc2F)cn1. The average molecular weight is 467 g/mol. The molecule has 7 nitrogen and oxygen atoms in total. The zero-order chi connectivity index (χ0) is 23.2. The molecule has 4 aromatic rings. The van der Waals surface area contributed by atoms with Gasteiger partial charge in [-0.05, 0) is 58.6 Å². The Bertz CT molecular complexity index is 1300. The smallest absolute Gasteiger partial charge is 0.188 e. The summed E-state index contributed by atoms with van der Waals surface area (Å²) in [6, 6.07) is 5.11. The van der Waals surface area contributed by atoms with Gasteiger partial charge in [-0.3, -0.25) is 0 Å². The number of aliphatic hydroxyl groups is 1. The van der Waals surface area contributed by atoms with Crippen molar-refractivity contribution < 1.29 is 9.50 Å². The lowest BCUT2D eigenvalue weighted by molar-refractivity contribution is 0.0583. The van der Waals surface area contributed by atoms with Crippen LogP contribution in [-0.2, 0) is 19.4 Å². The second-order valence-corrected chi connectivity index (χ2v) is 10.1. The molecule has 1 aliphatic rings. The van der Waals surface area contributed by atoms with E-state index in [0.717, 1.165) is 42.9 Å². The predicted octanol–water partition coefficient (Wildman–Crippen LogP) is 5.03. The molecule has 0 radical (unpaired) electrons. The van der Waals surface area contributed by atoms with Crippen molar-refractivity contribution in [3.05, 3.63) is 58.9 Å². The van der Waals surface area contributed by atoms with Crippen LogP contribution in [0.3, 0.4) is 0 Å². The molecule has 5 rings (SSSR count). The number of hydrogen-bond acceptors (Lipinski definition) is 6. The minimum atomic E-state index is -0.883. The number of nitrogens with zero attached hydrogens (tertiary/aromatic N) is 5. The molecule has 33 heavy (non-hydrogen) atoms. The van der Waals surface area contributed by atoms with E-state index < -0.39 is 5.60 Å². The fourth-order valence-electron chi connectivity index (χ4n) is 4.22. The van der Waals surface area contributed by atoms with Crippen molar-refractivity contribution in [2.45, 2.75) is 58.6 Å². The minimum absolute atomic E-state index is 0.329. The summed E-state index contributed by atoms with van der Waals surface area (Å²) in [4.78, 5) is 8.88. The number of fused-ring (bicyclic) bond motifs is 1. The van der Waals surface area contributed by atoms with Gasteiger partial charge in [0.1, 0.15) is 11.6 Å². The van der Waals surface area contributed by atoms with E-state index in [4.69, 9.17) is 10.1 Å². The van der Waals surface area contributed by atoms with Gasteiger partial charge < -0.3 is 15.0 Å². The number of anilines is 2. The first-order valence-corrected chi connectivity index (χ1v) is 12.0. The lowest BCUT2D eigenvalue weighted by Gasteiger charge is -2.19. The third-order valence-corrected chi connectivity index (χ3v) is 6.48. The van der Waals surface area contributed by atoms with Gasteiger partial charge in [-0.25, -0.2) is 19.0 Å². The van der Waals surface area contributed by atoms with E-state index in [-0.39, 0.29) is 5.82 Å². The van der Waals surface area contributed by atoms with Crippen molar-refractivity contribution in [3.63, 3.8) is 0 Å². The van der Waals surface area contributed by atoms with E-state index in [0.29, 0.717) is 28.6 Å². The Morgan fingerprint density at radius 1 is 1.24 bits per heavy atom. The molecule has 9 heteroatoms. The summed E-state index contributed by atoms with van der Waals surface area (Å²) in [7, 11) is 0. The van der Waals surface area contributed by atoms with Gasteiger partial charge in [0.15, 0.2) is 5.13 Å². The molecule has 3 heterocycles. The van der Waals surface area contributed by atoms with Gasteiger partial charge in [0.05, 0.1) is 41.2 Å². The summed E-state index contributed by atoms with van der Waals surface area (Å²) in [6.45, 7) is 5.82. The molecule has 2 N–H and O–H groups in total. The van der Waals surface area contributed by atoms with Gasteiger partial charge in [0.2, 0.25) is 0 Å². The number of imidazole rings is 1. The van der Waals surface area contributed by atoms with E-state index >= 15 is 0 Å². The summed E-state index contributed by atoms with van der Waals surface area (Å²) in [5.41, 5.74) is 4.12. The standard InChI is InChI=1S/C24H27FN6OS/c1-15-11-30(14-26-15)21-9-8-16(10-18(21)25)20-12-33-23(27-20)28-22-17-6-4-5-7-19(17)29-31(22)13-24(2,3)32/h8-12,14,32H,4-7,13H2,1-3H3,(H,27,28). The van der Waals surface area contributed by atoms with Crippen molar-refractivity contribution in [3.8, 4) is 16.9 Å². The number of nitrogens with one attached hydrogen (secondary N) is 1. The molecule has 3 aromatic heterocycles. The molecule has 172 valence electrons. The molecule has 0 saturated carbocycles. The highest BCUT2D eigenvalue weighted by Gasteiger charge is 2.25. The fourth-order valence-corrected chi connectivity index (χ4v) is 4.94. The van der Waals surface area contributed by atoms with Crippen molar-refractivity contribution in [2.75, 3.05) is 5.32 Å². The van der Waals surface area contributed by atoms with Gasteiger partial charge in [-0.15, -0.1) is 11.3 Å². The third-order valence-electron chi connectivity index (χ3n) is 5.72. The highest BCUT2D eigenvalue weighted by atomic mass is 32.1. The summed E-state index contributed by atoms with van der Waals surface area (Å²) in [6.07, 6.45) is 7.57. The summed E-state index contributed by atoms with van der Waals surface area (Å²) in [5, 5.41) is 21.2. The highest BCUT2D eigenvalue weighted by molar-refractivity contribution is 7.14. The van der Waals surface area contributed by atoms with Crippen molar-refractivity contribution in [2.24, 2.45) is 0 Å². The summed E-state index contributed by atoms with van der Waals surface area (Å²) < 4.78 is 18.4. The molecular formula is C24H27FN6OS. The number of halogens is 1. The molecule has 0 spiro atoms. The maximum Gasteiger partial charge on any atom is 0.188 e. The second kappa shape index (κ2) is 8.39. The molecule has 0 bridgehead atoms. The van der Waals surface area contributed by atoms with Crippen molar-refractivity contribution in [1.29, 1.82) is 0 Å². The van der Waals surface area contributed by atoms with E-state index in [1.807, 2.05) is 23.1 Å². The summed E-state index contributed by atoms with van der Waals surface area (Å²) >= 11 is 1.47. The van der Waals surface area contributed by atoms with Crippen LogP contribution in [0.25, 0.3) is 16.9 Å². The first kappa shape index (κ1) is 21.8. The van der Waals surface area contributed by atoms with Gasteiger partial charge in [0, 0.05) is 22.7 Å². The van der Waals surface area contributed by atoms with Gasteiger partial charge in [0.25, 0.3) is 0 Å². The Morgan fingerprint density at radius 2 is 2.06 bits per heavy atom. The largest absolute Gasteiger partial charge is 0.389 e.